The van der Waals surface area contributed by atoms with Crippen LogP contribution in [0.3, 0.4) is 0 Å². The van der Waals surface area contributed by atoms with Gasteiger partial charge in [-0.25, -0.2) is 4.98 Å². The van der Waals surface area contributed by atoms with Crippen LogP contribution in [0, 0.1) is 6.92 Å². The van der Waals surface area contributed by atoms with E-state index >= 15 is 0 Å². The van der Waals surface area contributed by atoms with E-state index in [0.717, 1.165) is 42.8 Å². The molecule has 3 rings (SSSR count). The quantitative estimate of drug-likeness (QED) is 0.827. The zero-order valence-electron chi connectivity index (χ0n) is 14.4. The predicted octanol–water partition coefficient (Wildman–Crippen LogP) is 2.87. The van der Waals surface area contributed by atoms with Gasteiger partial charge in [-0.1, -0.05) is 0 Å². The summed E-state index contributed by atoms with van der Waals surface area (Å²) in [6.07, 6.45) is 6.85. The molecule has 1 saturated carbocycles. The van der Waals surface area contributed by atoms with Gasteiger partial charge < -0.3 is 15.8 Å². The number of nitrogens with zero attached hydrogens (tertiary/aromatic N) is 2. The number of nitrogens with one attached hydrogen (secondary N) is 1. The minimum Gasteiger partial charge on any atom is -0.489 e. The van der Waals surface area contributed by atoms with Crippen molar-refractivity contribution in [1.29, 1.82) is 0 Å². The maximum atomic E-state index is 12.1. The molecule has 1 amide bonds. The average molecular weight is 360 g/mol. The number of rotatable bonds is 6. The standard InChI is InChI=1S/C18H24N4O2S/c1-12-16(3-2-10-20-12)24-15-7-4-13(5-8-15)21-17(23)9-6-14-11-25-18(19)22-14/h2-3,10-11,13,15H,4-9H2,1H3,(H2,19,22)(H,21,23). The molecular weight excluding hydrogens is 336 g/mol. The molecule has 0 atom stereocenters. The largest absolute Gasteiger partial charge is 0.489 e. The number of nitrogen functional groups attached to an aromatic ring is 1. The number of aryl methyl sites for hydroxylation is 2. The first-order valence-corrected chi connectivity index (χ1v) is 9.55. The highest BCUT2D eigenvalue weighted by Crippen LogP contribution is 2.25. The minimum absolute atomic E-state index is 0.0824. The van der Waals surface area contributed by atoms with Crippen molar-refractivity contribution < 1.29 is 9.53 Å². The van der Waals surface area contributed by atoms with Crippen LogP contribution >= 0.6 is 11.3 Å². The van der Waals surface area contributed by atoms with Crippen molar-refractivity contribution >= 4 is 22.4 Å². The molecule has 2 heterocycles. The number of anilines is 1. The van der Waals surface area contributed by atoms with E-state index < -0.39 is 0 Å². The Morgan fingerprint density at radius 2 is 2.20 bits per heavy atom. The van der Waals surface area contributed by atoms with Gasteiger partial charge in [0.15, 0.2) is 5.13 Å². The lowest BCUT2D eigenvalue weighted by Gasteiger charge is -2.29. The number of hydrogen-bond donors (Lipinski definition) is 2. The highest BCUT2D eigenvalue weighted by atomic mass is 32.1. The highest BCUT2D eigenvalue weighted by molar-refractivity contribution is 7.13. The van der Waals surface area contributed by atoms with Gasteiger partial charge in [0.05, 0.1) is 17.5 Å². The lowest BCUT2D eigenvalue weighted by molar-refractivity contribution is -0.122. The van der Waals surface area contributed by atoms with E-state index in [0.29, 0.717) is 18.0 Å². The van der Waals surface area contributed by atoms with Crippen LogP contribution in [0.4, 0.5) is 5.13 Å². The summed E-state index contributed by atoms with van der Waals surface area (Å²) in [5, 5.41) is 5.59. The fourth-order valence-corrected chi connectivity index (χ4v) is 3.67. The van der Waals surface area contributed by atoms with Crippen LogP contribution in [-0.2, 0) is 11.2 Å². The van der Waals surface area contributed by atoms with Crippen LogP contribution < -0.4 is 15.8 Å². The first-order chi connectivity index (χ1) is 12.1. The molecule has 0 bridgehead atoms. The van der Waals surface area contributed by atoms with Crippen LogP contribution in [0.2, 0.25) is 0 Å². The van der Waals surface area contributed by atoms with Gasteiger partial charge in [0, 0.05) is 24.0 Å². The number of pyridine rings is 1. The second kappa shape index (κ2) is 8.29. The van der Waals surface area contributed by atoms with E-state index in [4.69, 9.17) is 10.5 Å². The van der Waals surface area contributed by atoms with Crippen molar-refractivity contribution in [3.05, 3.63) is 35.1 Å². The van der Waals surface area contributed by atoms with Crippen molar-refractivity contribution in [3.8, 4) is 5.75 Å². The van der Waals surface area contributed by atoms with Crippen molar-refractivity contribution in [2.45, 2.75) is 57.6 Å². The lowest BCUT2D eigenvalue weighted by Crippen LogP contribution is -2.39. The topological polar surface area (TPSA) is 90.1 Å². The van der Waals surface area contributed by atoms with Crippen LogP contribution in [0.15, 0.2) is 23.7 Å². The Morgan fingerprint density at radius 1 is 1.40 bits per heavy atom. The van der Waals surface area contributed by atoms with Gasteiger partial charge in [-0.3, -0.25) is 9.78 Å². The second-order valence-electron chi connectivity index (χ2n) is 6.42. The molecule has 0 aromatic carbocycles. The molecule has 1 aliphatic rings. The van der Waals surface area contributed by atoms with E-state index in [2.05, 4.69) is 15.3 Å². The molecule has 0 spiro atoms. The fourth-order valence-electron chi connectivity index (χ4n) is 3.08. The number of nitrogens with two attached hydrogens (primary N) is 1. The lowest BCUT2D eigenvalue weighted by atomic mass is 9.92. The SMILES string of the molecule is Cc1ncccc1OC1CCC(NC(=O)CCc2csc(N)n2)CC1. The molecule has 1 aliphatic carbocycles. The van der Waals surface area contributed by atoms with Gasteiger partial charge in [-0.2, -0.15) is 0 Å². The van der Waals surface area contributed by atoms with E-state index in [-0.39, 0.29) is 18.1 Å². The summed E-state index contributed by atoms with van der Waals surface area (Å²) in [4.78, 5) is 20.5. The third-order valence-corrected chi connectivity index (χ3v) is 5.19. The number of hydrogen-bond acceptors (Lipinski definition) is 6. The summed E-state index contributed by atoms with van der Waals surface area (Å²) >= 11 is 1.41. The molecule has 0 aliphatic heterocycles. The maximum absolute atomic E-state index is 12.1. The van der Waals surface area contributed by atoms with Gasteiger partial charge in [0.25, 0.3) is 0 Å². The Hall–Kier alpha value is -2.15. The molecule has 1 fully saturated rings. The summed E-state index contributed by atoms with van der Waals surface area (Å²) in [6.45, 7) is 1.96. The zero-order valence-corrected chi connectivity index (χ0v) is 15.2. The summed E-state index contributed by atoms with van der Waals surface area (Å²) < 4.78 is 6.05. The first-order valence-electron chi connectivity index (χ1n) is 8.67. The molecule has 3 N–H and O–H groups in total. The Balaban J connectivity index is 1.38. The Kier molecular flexibility index (Phi) is 5.86. The monoisotopic (exact) mass is 360 g/mol. The van der Waals surface area contributed by atoms with Crippen LogP contribution in [0.25, 0.3) is 0 Å². The molecule has 25 heavy (non-hydrogen) atoms. The summed E-state index contributed by atoms with van der Waals surface area (Å²) in [5.74, 6) is 0.941. The number of carbonyl (C=O) groups is 1. The van der Waals surface area contributed by atoms with Gasteiger partial charge in [-0.05, 0) is 51.2 Å². The molecule has 6 nitrogen and oxygen atoms in total. The number of aromatic nitrogens is 2. The van der Waals surface area contributed by atoms with E-state index in [1.165, 1.54) is 11.3 Å². The second-order valence-corrected chi connectivity index (χ2v) is 7.31. The van der Waals surface area contributed by atoms with Crippen molar-refractivity contribution in [3.63, 3.8) is 0 Å². The third kappa shape index (κ3) is 5.16. The van der Waals surface area contributed by atoms with Gasteiger partial charge in [0.1, 0.15) is 5.75 Å². The molecule has 0 saturated heterocycles. The molecule has 2 aromatic heterocycles. The molecular formula is C18H24N4O2S. The van der Waals surface area contributed by atoms with Crippen LogP contribution in [-0.4, -0.2) is 28.0 Å². The average Bonchev–Trinajstić information content (AvgIpc) is 3.02. The number of ether oxygens (including phenoxy) is 1. The number of carbonyl (C=O) groups excluding carboxylic acids is 1. The fraction of sp³-hybridized carbons (Fsp3) is 0.500. The minimum atomic E-state index is 0.0824. The molecule has 0 unspecified atom stereocenters. The molecule has 134 valence electrons. The summed E-state index contributed by atoms with van der Waals surface area (Å²) in [5.41, 5.74) is 7.41. The van der Waals surface area contributed by atoms with Gasteiger partial charge in [0.2, 0.25) is 5.91 Å². The Morgan fingerprint density at radius 3 is 2.88 bits per heavy atom. The smallest absolute Gasteiger partial charge is 0.220 e. The number of thiazole rings is 1. The molecule has 7 heteroatoms. The third-order valence-electron chi connectivity index (χ3n) is 4.47. The van der Waals surface area contributed by atoms with Gasteiger partial charge in [-0.15, -0.1) is 11.3 Å². The van der Waals surface area contributed by atoms with Gasteiger partial charge >= 0.3 is 0 Å². The summed E-state index contributed by atoms with van der Waals surface area (Å²) in [6, 6.07) is 4.09. The molecule has 0 radical (unpaired) electrons. The van der Waals surface area contributed by atoms with Crippen LogP contribution in [0.1, 0.15) is 43.5 Å². The summed E-state index contributed by atoms with van der Waals surface area (Å²) in [7, 11) is 0. The maximum Gasteiger partial charge on any atom is 0.220 e. The van der Waals surface area contributed by atoms with Crippen molar-refractivity contribution in [1.82, 2.24) is 15.3 Å². The van der Waals surface area contributed by atoms with E-state index in [9.17, 15) is 4.79 Å². The van der Waals surface area contributed by atoms with Crippen molar-refractivity contribution in [2.75, 3.05) is 5.73 Å². The normalized spacial score (nSPS) is 20.2. The molecule has 2 aromatic rings. The van der Waals surface area contributed by atoms with E-state index in [1.54, 1.807) is 6.20 Å². The number of amides is 1. The predicted molar refractivity (Wildman–Crippen MR) is 98.6 cm³/mol. The van der Waals surface area contributed by atoms with E-state index in [1.807, 2.05) is 24.4 Å². The Labute approximate surface area is 151 Å². The first kappa shape index (κ1) is 17.7. The Bertz CT molecular complexity index is 711. The van der Waals surface area contributed by atoms with Crippen molar-refractivity contribution in [2.24, 2.45) is 0 Å². The zero-order chi connectivity index (χ0) is 17.6. The highest BCUT2D eigenvalue weighted by Gasteiger charge is 2.24. The van der Waals surface area contributed by atoms with Crippen LogP contribution in [0.5, 0.6) is 5.75 Å².